The second-order valence-corrected chi connectivity index (χ2v) is 6.57. The largest absolute Gasteiger partial charge is 0.442 e. The highest BCUT2D eigenvalue weighted by Crippen LogP contribution is 2.44. The summed E-state index contributed by atoms with van der Waals surface area (Å²) >= 11 is 3.46. The normalized spacial score (nSPS) is 19.9. The number of H-pyrrole nitrogens is 1. The molecule has 6 heteroatoms. The maximum absolute atomic E-state index is 12.5. The number of hydrogen-bond donors (Lipinski definition) is 1. The number of ether oxygens (including phenoxy) is 1. The number of benzene rings is 1. The van der Waals surface area contributed by atoms with Gasteiger partial charge in [0, 0.05) is 22.9 Å². The molecular formula is C17H13BrN2O3. The molecule has 2 aromatic rings. The highest BCUT2D eigenvalue weighted by atomic mass is 79.9. The van der Waals surface area contributed by atoms with E-state index >= 15 is 0 Å². The Kier molecular flexibility index (Phi) is 3.41. The summed E-state index contributed by atoms with van der Waals surface area (Å²) in [5, 5.41) is 0. The second kappa shape index (κ2) is 5.45. The van der Waals surface area contributed by atoms with Crippen LogP contribution in [0.3, 0.4) is 0 Å². The van der Waals surface area contributed by atoms with Crippen LogP contribution in [0.5, 0.6) is 5.88 Å². The monoisotopic (exact) mass is 372 g/mol. The molecule has 4 rings (SSSR count). The SMILES string of the molecule is O=C1CCCC2=C1C(c1cccc(Br)c1)c1c(nc[nH]c1=O)O2. The van der Waals surface area contributed by atoms with Crippen molar-refractivity contribution in [2.75, 3.05) is 0 Å². The molecule has 2 heterocycles. The maximum atomic E-state index is 12.5. The maximum Gasteiger partial charge on any atom is 0.258 e. The van der Waals surface area contributed by atoms with Crippen molar-refractivity contribution < 1.29 is 9.53 Å². The fourth-order valence-corrected chi connectivity index (χ4v) is 3.69. The molecule has 1 aromatic carbocycles. The molecule has 2 aliphatic rings. The molecule has 0 saturated heterocycles. The minimum Gasteiger partial charge on any atom is -0.442 e. The molecule has 0 radical (unpaired) electrons. The van der Waals surface area contributed by atoms with Crippen molar-refractivity contribution in [2.45, 2.75) is 25.2 Å². The van der Waals surface area contributed by atoms with Crippen molar-refractivity contribution in [3.05, 3.63) is 67.9 Å². The molecule has 1 aliphatic heterocycles. The molecule has 5 nitrogen and oxygen atoms in total. The predicted octanol–water partition coefficient (Wildman–Crippen LogP) is 3.06. The Balaban J connectivity index is 2.01. The number of hydrogen-bond acceptors (Lipinski definition) is 4. The van der Waals surface area contributed by atoms with E-state index in [4.69, 9.17) is 4.74 Å². The minimum atomic E-state index is -0.434. The fraction of sp³-hybridized carbons (Fsp3) is 0.235. The van der Waals surface area contributed by atoms with Crippen molar-refractivity contribution in [1.82, 2.24) is 9.97 Å². The molecule has 0 saturated carbocycles. The van der Waals surface area contributed by atoms with Gasteiger partial charge in [-0.1, -0.05) is 28.1 Å². The Morgan fingerprint density at radius 2 is 2.13 bits per heavy atom. The molecule has 0 amide bonds. The number of nitrogens with zero attached hydrogens (tertiary/aromatic N) is 1. The first-order valence-electron chi connectivity index (χ1n) is 7.42. The number of nitrogens with one attached hydrogen (secondary N) is 1. The number of halogens is 1. The third-order valence-electron chi connectivity index (χ3n) is 4.24. The Bertz CT molecular complexity index is 901. The number of aromatic nitrogens is 2. The minimum absolute atomic E-state index is 0.0464. The Labute approximate surface area is 140 Å². The van der Waals surface area contributed by atoms with Crippen LogP contribution in [0, 0.1) is 0 Å². The van der Waals surface area contributed by atoms with Crippen LogP contribution in [-0.2, 0) is 4.79 Å². The van der Waals surface area contributed by atoms with E-state index < -0.39 is 5.92 Å². The van der Waals surface area contributed by atoms with Gasteiger partial charge in [-0.25, -0.2) is 4.98 Å². The first kappa shape index (κ1) is 14.4. The smallest absolute Gasteiger partial charge is 0.258 e. The van der Waals surface area contributed by atoms with E-state index in [1.54, 1.807) is 0 Å². The zero-order valence-electron chi connectivity index (χ0n) is 12.1. The number of Topliss-reactive ketones (excluding diaryl/α,β-unsaturated/α-hetero) is 1. The van der Waals surface area contributed by atoms with Crippen molar-refractivity contribution in [1.29, 1.82) is 0 Å². The fourth-order valence-electron chi connectivity index (χ4n) is 3.27. The lowest BCUT2D eigenvalue weighted by Crippen LogP contribution is -2.30. The van der Waals surface area contributed by atoms with Crippen molar-refractivity contribution in [2.24, 2.45) is 0 Å². The van der Waals surface area contributed by atoms with E-state index in [0.29, 0.717) is 35.6 Å². The van der Waals surface area contributed by atoms with Gasteiger partial charge in [-0.05, 0) is 24.1 Å². The Morgan fingerprint density at radius 1 is 1.26 bits per heavy atom. The summed E-state index contributed by atoms with van der Waals surface area (Å²) in [7, 11) is 0. The number of fused-ring (bicyclic) bond motifs is 1. The third-order valence-corrected chi connectivity index (χ3v) is 4.73. The molecule has 1 N–H and O–H groups in total. The van der Waals surface area contributed by atoms with Crippen molar-refractivity contribution in [3.8, 4) is 5.88 Å². The molecule has 0 fully saturated rings. The molecule has 0 bridgehead atoms. The van der Waals surface area contributed by atoms with Crippen LogP contribution in [0.4, 0.5) is 0 Å². The number of ketones is 1. The quantitative estimate of drug-likeness (QED) is 0.834. The van der Waals surface area contributed by atoms with Crippen molar-refractivity contribution >= 4 is 21.7 Å². The summed E-state index contributed by atoms with van der Waals surface area (Å²) in [6, 6.07) is 7.66. The van der Waals surface area contributed by atoms with Gasteiger partial charge >= 0.3 is 0 Å². The average Bonchev–Trinajstić information content (AvgIpc) is 2.53. The standard InChI is InChI=1S/C17H13BrN2O3/c18-10-4-1-3-9(7-10)13-14-11(21)5-2-6-12(14)23-17-15(13)16(22)19-8-20-17/h1,3-4,7-8,13H,2,5-6H2,(H,19,20,22). The summed E-state index contributed by atoms with van der Waals surface area (Å²) in [6.45, 7) is 0. The highest BCUT2D eigenvalue weighted by Gasteiger charge is 2.39. The Morgan fingerprint density at radius 3 is 2.96 bits per heavy atom. The van der Waals surface area contributed by atoms with Gasteiger partial charge in [0.25, 0.3) is 5.56 Å². The molecule has 116 valence electrons. The molecule has 23 heavy (non-hydrogen) atoms. The molecule has 1 unspecified atom stereocenters. The van der Waals surface area contributed by atoms with Gasteiger partial charge in [-0.2, -0.15) is 0 Å². The van der Waals surface area contributed by atoms with E-state index in [1.807, 2.05) is 24.3 Å². The summed E-state index contributed by atoms with van der Waals surface area (Å²) in [6.07, 6.45) is 3.27. The van der Waals surface area contributed by atoms with Crippen LogP contribution < -0.4 is 10.3 Å². The highest BCUT2D eigenvalue weighted by molar-refractivity contribution is 9.10. The number of aromatic amines is 1. The van der Waals surface area contributed by atoms with E-state index in [2.05, 4.69) is 25.9 Å². The van der Waals surface area contributed by atoms with E-state index in [9.17, 15) is 9.59 Å². The van der Waals surface area contributed by atoms with Crippen LogP contribution in [-0.4, -0.2) is 15.8 Å². The molecule has 0 spiro atoms. The van der Waals surface area contributed by atoms with Crippen LogP contribution in [0.15, 0.2) is 51.2 Å². The average molecular weight is 373 g/mol. The molecule has 1 aromatic heterocycles. The summed E-state index contributed by atoms with van der Waals surface area (Å²) in [5.41, 5.74) is 1.61. The first-order valence-corrected chi connectivity index (χ1v) is 8.21. The first-order chi connectivity index (χ1) is 11.1. The van der Waals surface area contributed by atoms with Gasteiger partial charge in [-0.15, -0.1) is 0 Å². The summed E-state index contributed by atoms with van der Waals surface area (Å²) < 4.78 is 6.68. The van der Waals surface area contributed by atoms with Gasteiger partial charge < -0.3 is 9.72 Å². The van der Waals surface area contributed by atoms with Crippen LogP contribution in [0.2, 0.25) is 0 Å². The van der Waals surface area contributed by atoms with Crippen LogP contribution >= 0.6 is 15.9 Å². The van der Waals surface area contributed by atoms with Gasteiger partial charge in [0.05, 0.1) is 17.8 Å². The number of allylic oxidation sites excluding steroid dienone is 2. The van der Waals surface area contributed by atoms with E-state index in [-0.39, 0.29) is 11.3 Å². The molecular weight excluding hydrogens is 360 g/mol. The molecule has 1 atom stereocenters. The lowest BCUT2D eigenvalue weighted by atomic mass is 9.78. The second-order valence-electron chi connectivity index (χ2n) is 5.65. The zero-order chi connectivity index (χ0) is 16.0. The summed E-state index contributed by atoms with van der Waals surface area (Å²) in [5.74, 6) is 0.561. The van der Waals surface area contributed by atoms with E-state index in [1.165, 1.54) is 6.33 Å². The topological polar surface area (TPSA) is 72.0 Å². The lowest BCUT2D eigenvalue weighted by molar-refractivity contribution is -0.116. The predicted molar refractivity (Wildman–Crippen MR) is 87.4 cm³/mol. The van der Waals surface area contributed by atoms with Crippen LogP contribution in [0.1, 0.15) is 36.3 Å². The van der Waals surface area contributed by atoms with Crippen molar-refractivity contribution in [3.63, 3.8) is 0 Å². The van der Waals surface area contributed by atoms with Gasteiger partial charge in [0.2, 0.25) is 5.88 Å². The van der Waals surface area contributed by atoms with E-state index in [0.717, 1.165) is 16.5 Å². The van der Waals surface area contributed by atoms with Gasteiger partial charge in [0.15, 0.2) is 5.78 Å². The lowest BCUT2D eigenvalue weighted by Gasteiger charge is -2.31. The number of carbonyl (C=O) groups excluding carboxylic acids is 1. The Hall–Kier alpha value is -2.21. The third kappa shape index (κ3) is 2.34. The van der Waals surface area contributed by atoms with Crippen LogP contribution in [0.25, 0.3) is 0 Å². The number of carbonyl (C=O) groups is 1. The van der Waals surface area contributed by atoms with Gasteiger partial charge in [0.1, 0.15) is 5.76 Å². The number of rotatable bonds is 1. The summed E-state index contributed by atoms with van der Waals surface area (Å²) in [4.78, 5) is 31.7. The molecule has 1 aliphatic carbocycles. The zero-order valence-corrected chi connectivity index (χ0v) is 13.7. The van der Waals surface area contributed by atoms with Gasteiger partial charge in [-0.3, -0.25) is 9.59 Å².